The number of benzene rings is 1. The number of para-hydroxylation sites is 1. The van der Waals surface area contributed by atoms with Gasteiger partial charge < -0.3 is 33.4 Å². The Morgan fingerprint density at radius 2 is 1.41 bits per heavy atom. The van der Waals surface area contributed by atoms with Gasteiger partial charge in [-0.1, -0.05) is 18.2 Å². The number of hydrogen-bond acceptors (Lipinski definition) is 7. The lowest BCUT2D eigenvalue weighted by Gasteiger charge is -2.56. The Kier molecular flexibility index (Phi) is 3.84. The second-order valence-corrected chi connectivity index (χ2v) is 7.39. The normalized spacial score (nSPS) is 13.5. The molecule has 0 amide bonds. The number of ether oxygens (including phenoxy) is 1. The molecule has 0 bridgehead atoms. The first-order valence-corrected chi connectivity index (χ1v) is 7.45. The van der Waals surface area contributed by atoms with Crippen molar-refractivity contribution in [2.45, 2.75) is 12.0 Å². The zero-order valence-electron chi connectivity index (χ0n) is 8.64. The van der Waals surface area contributed by atoms with Crippen molar-refractivity contribution in [1.82, 2.24) is 0 Å². The highest BCUT2D eigenvalue weighted by Crippen LogP contribution is 2.60. The molecule has 0 unspecified atom stereocenters. The first-order chi connectivity index (χ1) is 7.58. The molecule has 1 aromatic carbocycles. The summed E-state index contributed by atoms with van der Waals surface area (Å²) in [6.45, 7) is 0.432. The minimum Gasteiger partial charge on any atom is -0.808 e. The third-order valence-electron chi connectivity index (χ3n) is 2.07. The SMILES string of the molecule is CC(Oc1ccccc1)(P(=O)([O-])[O-])P(=O)([O-])[O-]. The van der Waals surface area contributed by atoms with Gasteiger partial charge in [-0.15, -0.1) is 0 Å². The van der Waals surface area contributed by atoms with E-state index < -0.39 is 20.3 Å². The summed E-state index contributed by atoms with van der Waals surface area (Å²) in [5, 5.41) is -3.33. The highest BCUT2D eigenvalue weighted by molar-refractivity contribution is 7.69. The van der Waals surface area contributed by atoms with Gasteiger partial charge in [0.15, 0.2) is 5.08 Å². The Balaban J connectivity index is 3.20. The highest BCUT2D eigenvalue weighted by atomic mass is 31.2. The minimum absolute atomic E-state index is 0.200. The lowest BCUT2D eigenvalue weighted by atomic mass is 10.3. The maximum Gasteiger partial charge on any atom is 0.157 e. The average molecular weight is 278 g/mol. The van der Waals surface area contributed by atoms with Crippen LogP contribution >= 0.6 is 15.2 Å². The first kappa shape index (κ1) is 14.4. The molecule has 0 heterocycles. The molecule has 0 radical (unpaired) electrons. The Morgan fingerprint density at radius 3 is 1.76 bits per heavy atom. The van der Waals surface area contributed by atoms with Crippen LogP contribution in [0, 0.1) is 0 Å². The van der Waals surface area contributed by atoms with Gasteiger partial charge in [0, 0.05) is 0 Å². The Labute approximate surface area is 97.4 Å². The summed E-state index contributed by atoms with van der Waals surface area (Å²) in [5.41, 5.74) is 0. The Morgan fingerprint density at radius 1 is 1.00 bits per heavy atom. The summed E-state index contributed by atoms with van der Waals surface area (Å²) < 4.78 is 26.3. The van der Waals surface area contributed by atoms with E-state index in [0.717, 1.165) is 0 Å². The summed E-state index contributed by atoms with van der Waals surface area (Å²) in [4.78, 5) is 43.5. The lowest BCUT2D eigenvalue weighted by Crippen LogP contribution is -2.47. The molecule has 0 saturated carbocycles. The largest absolute Gasteiger partial charge is 0.808 e. The molecule has 96 valence electrons. The topological polar surface area (TPSA) is 136 Å². The van der Waals surface area contributed by atoms with Crippen LogP contribution in [0.15, 0.2) is 30.3 Å². The third-order valence-corrected chi connectivity index (χ3v) is 5.76. The third kappa shape index (κ3) is 2.96. The van der Waals surface area contributed by atoms with Gasteiger partial charge in [0.2, 0.25) is 0 Å². The van der Waals surface area contributed by atoms with Crippen molar-refractivity contribution in [2.24, 2.45) is 0 Å². The minimum atomic E-state index is -5.79. The fourth-order valence-corrected chi connectivity index (χ4v) is 2.61. The van der Waals surface area contributed by atoms with Crippen molar-refractivity contribution >= 4 is 15.2 Å². The van der Waals surface area contributed by atoms with Crippen molar-refractivity contribution < 1.29 is 33.4 Å². The van der Waals surface area contributed by atoms with Crippen LogP contribution in [-0.2, 0) is 9.13 Å². The van der Waals surface area contributed by atoms with E-state index in [-0.39, 0.29) is 5.75 Å². The van der Waals surface area contributed by atoms with Crippen LogP contribution in [0.5, 0.6) is 5.75 Å². The predicted molar refractivity (Wildman–Crippen MR) is 50.7 cm³/mol. The molecule has 0 aromatic heterocycles. The summed E-state index contributed by atoms with van der Waals surface area (Å²) >= 11 is 0. The smallest absolute Gasteiger partial charge is 0.157 e. The van der Waals surface area contributed by atoms with Crippen LogP contribution < -0.4 is 24.3 Å². The lowest BCUT2D eigenvalue weighted by molar-refractivity contribution is -0.345. The number of rotatable bonds is 4. The standard InChI is InChI=1S/C8H12O7P2/c1-8(16(9,10)11,17(12,13)14)15-7-5-3-2-4-6-7/h2-6H,1H3,(H2,9,10,11)(H2,12,13,14)/p-4. The van der Waals surface area contributed by atoms with E-state index in [9.17, 15) is 28.7 Å². The molecular weight excluding hydrogens is 270 g/mol. The summed E-state index contributed by atoms with van der Waals surface area (Å²) in [6.07, 6.45) is 0. The van der Waals surface area contributed by atoms with Crippen LogP contribution in [0.1, 0.15) is 6.92 Å². The van der Waals surface area contributed by atoms with Crippen molar-refractivity contribution in [2.75, 3.05) is 0 Å². The van der Waals surface area contributed by atoms with Gasteiger partial charge >= 0.3 is 0 Å². The molecule has 1 rings (SSSR count). The van der Waals surface area contributed by atoms with Gasteiger partial charge in [0.25, 0.3) is 0 Å². The quantitative estimate of drug-likeness (QED) is 0.615. The van der Waals surface area contributed by atoms with Gasteiger partial charge in [-0.3, -0.25) is 0 Å². The maximum absolute atomic E-state index is 10.9. The van der Waals surface area contributed by atoms with Crippen molar-refractivity contribution in [1.29, 1.82) is 0 Å². The van der Waals surface area contributed by atoms with Crippen LogP contribution in [0.25, 0.3) is 0 Å². The number of hydrogen-bond donors (Lipinski definition) is 0. The van der Waals surface area contributed by atoms with Gasteiger partial charge in [-0.05, 0) is 34.2 Å². The molecule has 9 heteroatoms. The van der Waals surface area contributed by atoms with E-state index in [1.165, 1.54) is 24.3 Å². The molecular formula is C8H8O7P2-4. The van der Waals surface area contributed by atoms with Crippen LogP contribution in [0.4, 0.5) is 0 Å². The van der Waals surface area contributed by atoms with Crippen molar-refractivity contribution in [3.8, 4) is 5.75 Å². The monoisotopic (exact) mass is 278 g/mol. The maximum atomic E-state index is 10.9. The molecule has 0 aliphatic carbocycles. The molecule has 1 aromatic rings. The molecule has 0 N–H and O–H groups in total. The van der Waals surface area contributed by atoms with E-state index in [1.54, 1.807) is 6.07 Å². The molecule has 0 spiro atoms. The second-order valence-electron chi connectivity index (χ2n) is 3.34. The van der Waals surface area contributed by atoms with Gasteiger partial charge in [-0.25, -0.2) is 0 Å². The predicted octanol–water partition coefficient (Wildman–Crippen LogP) is -1.43. The molecule has 0 fully saturated rings. The Bertz CT molecular complexity index is 452. The van der Waals surface area contributed by atoms with Gasteiger partial charge in [-0.2, -0.15) is 0 Å². The van der Waals surface area contributed by atoms with Crippen LogP contribution in [0.2, 0.25) is 0 Å². The highest BCUT2D eigenvalue weighted by Gasteiger charge is 2.35. The zero-order chi connectivity index (χ0) is 13.3. The second kappa shape index (κ2) is 4.53. The summed E-state index contributed by atoms with van der Waals surface area (Å²) in [5.74, 6) is -0.200. The fourth-order valence-electron chi connectivity index (χ4n) is 0.974. The Hall–Kier alpha value is -0.680. The zero-order valence-corrected chi connectivity index (χ0v) is 10.4. The first-order valence-electron chi connectivity index (χ1n) is 4.36. The molecule has 0 saturated heterocycles. The molecule has 17 heavy (non-hydrogen) atoms. The van der Waals surface area contributed by atoms with E-state index in [4.69, 9.17) is 0 Å². The van der Waals surface area contributed by atoms with Crippen molar-refractivity contribution in [3.05, 3.63) is 30.3 Å². The van der Waals surface area contributed by atoms with Crippen LogP contribution in [0.3, 0.4) is 0 Å². The molecule has 0 aliphatic heterocycles. The average Bonchev–Trinajstić information content (AvgIpc) is 2.15. The molecule has 0 atom stereocenters. The fraction of sp³-hybridized carbons (Fsp3) is 0.250. The summed E-state index contributed by atoms with van der Waals surface area (Å²) in [6, 6.07) is 6.87. The van der Waals surface area contributed by atoms with Gasteiger partial charge in [0.1, 0.15) is 5.75 Å². The molecule has 7 nitrogen and oxygen atoms in total. The van der Waals surface area contributed by atoms with Crippen molar-refractivity contribution in [3.63, 3.8) is 0 Å². The van der Waals surface area contributed by atoms with E-state index >= 15 is 0 Å². The van der Waals surface area contributed by atoms with E-state index in [1.807, 2.05) is 0 Å². The summed E-state index contributed by atoms with van der Waals surface area (Å²) in [7, 11) is -11.6. The van der Waals surface area contributed by atoms with Gasteiger partial charge in [0.05, 0.1) is 0 Å². The van der Waals surface area contributed by atoms with E-state index in [2.05, 4.69) is 4.74 Å². The molecule has 0 aliphatic rings. The van der Waals surface area contributed by atoms with E-state index in [0.29, 0.717) is 6.92 Å². The van der Waals surface area contributed by atoms with Crippen LogP contribution in [-0.4, -0.2) is 5.08 Å².